The third kappa shape index (κ3) is 2.63. The average Bonchev–Trinajstić information content (AvgIpc) is 3.11. The molecule has 24 heavy (non-hydrogen) atoms. The molecular formula is C17H15N3O3S. The molecule has 0 spiro atoms. The third-order valence-corrected chi connectivity index (χ3v) is 4.78. The molecule has 1 aliphatic heterocycles. The summed E-state index contributed by atoms with van der Waals surface area (Å²) in [5.41, 5.74) is 2.68. The average molecular weight is 341 g/mol. The van der Waals surface area contributed by atoms with Gasteiger partial charge in [0, 0.05) is 11.8 Å². The van der Waals surface area contributed by atoms with Crippen LogP contribution in [0.5, 0.6) is 11.5 Å². The van der Waals surface area contributed by atoms with Crippen LogP contribution in [0.15, 0.2) is 36.4 Å². The normalized spacial score (nSPS) is 12.5. The standard InChI is InChI=1S/C17H15N3O3S/c1-10-2-4-12-15(6-10)24-17(18)20(12)8-16(21)19-11-3-5-13-14(7-11)23-9-22-13/h2-7,18H,8-9H2,1H3,(H,19,21). The molecule has 6 nitrogen and oxygen atoms in total. The van der Waals surface area contributed by atoms with Gasteiger partial charge in [-0.3, -0.25) is 10.2 Å². The number of amides is 1. The minimum Gasteiger partial charge on any atom is -0.454 e. The van der Waals surface area contributed by atoms with E-state index in [0.717, 1.165) is 15.8 Å². The van der Waals surface area contributed by atoms with Crippen LogP contribution in [0.1, 0.15) is 5.56 Å². The molecule has 0 saturated carbocycles. The van der Waals surface area contributed by atoms with Gasteiger partial charge in [0.15, 0.2) is 16.3 Å². The van der Waals surface area contributed by atoms with Crippen molar-refractivity contribution in [3.05, 3.63) is 46.8 Å². The number of thiazole rings is 1. The summed E-state index contributed by atoms with van der Waals surface area (Å²) in [5.74, 6) is 1.11. The number of carbonyl (C=O) groups excluding carboxylic acids is 1. The number of hydrogen-bond donors (Lipinski definition) is 2. The second kappa shape index (κ2) is 5.68. The summed E-state index contributed by atoms with van der Waals surface area (Å²) in [4.78, 5) is 12.7. The van der Waals surface area contributed by atoms with E-state index < -0.39 is 0 Å². The van der Waals surface area contributed by atoms with E-state index >= 15 is 0 Å². The van der Waals surface area contributed by atoms with Crippen LogP contribution in [0.3, 0.4) is 0 Å². The third-order valence-electron chi connectivity index (χ3n) is 3.82. The monoisotopic (exact) mass is 341 g/mol. The first-order valence-electron chi connectivity index (χ1n) is 7.44. The van der Waals surface area contributed by atoms with Gasteiger partial charge in [-0.05, 0) is 36.8 Å². The number of hydrogen-bond acceptors (Lipinski definition) is 5. The first-order valence-corrected chi connectivity index (χ1v) is 8.26. The van der Waals surface area contributed by atoms with Crippen molar-refractivity contribution >= 4 is 33.1 Å². The van der Waals surface area contributed by atoms with Gasteiger partial charge in [0.1, 0.15) is 6.54 Å². The summed E-state index contributed by atoms with van der Waals surface area (Å²) in [6, 6.07) is 11.2. The Labute approximate surface area is 141 Å². The smallest absolute Gasteiger partial charge is 0.244 e. The summed E-state index contributed by atoms with van der Waals surface area (Å²) < 4.78 is 13.3. The first-order chi connectivity index (χ1) is 11.6. The zero-order chi connectivity index (χ0) is 16.7. The van der Waals surface area contributed by atoms with Gasteiger partial charge in [0.2, 0.25) is 12.7 Å². The number of fused-ring (bicyclic) bond motifs is 2. The molecule has 0 fully saturated rings. The molecule has 1 aromatic heterocycles. The van der Waals surface area contributed by atoms with Crippen LogP contribution in [0, 0.1) is 12.3 Å². The van der Waals surface area contributed by atoms with Crippen molar-refractivity contribution in [2.45, 2.75) is 13.5 Å². The molecule has 2 aromatic carbocycles. The van der Waals surface area contributed by atoms with Crippen LogP contribution in [-0.2, 0) is 11.3 Å². The maximum absolute atomic E-state index is 12.4. The lowest BCUT2D eigenvalue weighted by atomic mass is 10.2. The molecule has 0 unspecified atom stereocenters. The molecule has 0 aliphatic carbocycles. The molecule has 0 saturated heterocycles. The highest BCUT2D eigenvalue weighted by atomic mass is 32.1. The van der Waals surface area contributed by atoms with Crippen molar-refractivity contribution in [3.8, 4) is 11.5 Å². The van der Waals surface area contributed by atoms with Crippen molar-refractivity contribution in [1.29, 1.82) is 5.41 Å². The lowest BCUT2D eigenvalue weighted by Crippen LogP contribution is -2.24. The van der Waals surface area contributed by atoms with Crippen molar-refractivity contribution in [2.24, 2.45) is 0 Å². The van der Waals surface area contributed by atoms with Gasteiger partial charge in [-0.15, -0.1) is 0 Å². The highest BCUT2D eigenvalue weighted by molar-refractivity contribution is 7.16. The fourth-order valence-corrected chi connectivity index (χ4v) is 3.68. The zero-order valence-corrected chi connectivity index (χ0v) is 13.8. The highest BCUT2D eigenvalue weighted by Gasteiger charge is 2.15. The van der Waals surface area contributed by atoms with Gasteiger partial charge in [-0.1, -0.05) is 17.4 Å². The largest absolute Gasteiger partial charge is 0.454 e. The Morgan fingerprint density at radius 3 is 2.96 bits per heavy atom. The Balaban J connectivity index is 1.56. The molecular weight excluding hydrogens is 326 g/mol. The quantitative estimate of drug-likeness (QED) is 0.769. The van der Waals surface area contributed by atoms with E-state index in [9.17, 15) is 4.79 Å². The van der Waals surface area contributed by atoms with Crippen LogP contribution in [-0.4, -0.2) is 17.3 Å². The predicted molar refractivity (Wildman–Crippen MR) is 91.6 cm³/mol. The minimum absolute atomic E-state index is 0.0936. The molecule has 0 bridgehead atoms. The summed E-state index contributed by atoms with van der Waals surface area (Å²) in [6.45, 7) is 2.31. The molecule has 0 atom stereocenters. The van der Waals surface area contributed by atoms with Crippen LogP contribution in [0.4, 0.5) is 5.69 Å². The molecule has 0 radical (unpaired) electrons. The summed E-state index contributed by atoms with van der Waals surface area (Å²) in [5, 5.41) is 10.9. The van der Waals surface area contributed by atoms with Crippen LogP contribution >= 0.6 is 11.3 Å². The first kappa shape index (κ1) is 14.8. The molecule has 1 amide bonds. The van der Waals surface area contributed by atoms with E-state index in [-0.39, 0.29) is 19.2 Å². The Hall–Kier alpha value is -2.80. The fourth-order valence-electron chi connectivity index (χ4n) is 2.67. The van der Waals surface area contributed by atoms with Gasteiger partial charge in [-0.25, -0.2) is 0 Å². The molecule has 4 rings (SSSR count). The molecule has 2 N–H and O–H groups in total. The summed E-state index contributed by atoms with van der Waals surface area (Å²) >= 11 is 1.37. The van der Waals surface area contributed by atoms with Crippen molar-refractivity contribution in [3.63, 3.8) is 0 Å². The van der Waals surface area contributed by atoms with Gasteiger partial charge in [0.25, 0.3) is 0 Å². The maximum Gasteiger partial charge on any atom is 0.244 e. The second-order valence-corrected chi connectivity index (χ2v) is 6.61. The van der Waals surface area contributed by atoms with Crippen molar-refractivity contribution in [2.75, 3.05) is 12.1 Å². The number of aromatic nitrogens is 1. The van der Waals surface area contributed by atoms with E-state index in [1.54, 1.807) is 22.8 Å². The Kier molecular flexibility index (Phi) is 3.50. The number of rotatable bonds is 3. The number of benzene rings is 2. The Morgan fingerprint density at radius 2 is 2.08 bits per heavy atom. The number of ether oxygens (including phenoxy) is 2. The summed E-state index contributed by atoms with van der Waals surface area (Å²) in [6.07, 6.45) is 0. The van der Waals surface area contributed by atoms with Gasteiger partial charge in [0.05, 0.1) is 10.2 Å². The molecule has 2 heterocycles. The van der Waals surface area contributed by atoms with Crippen LogP contribution in [0.2, 0.25) is 0 Å². The van der Waals surface area contributed by atoms with E-state index in [4.69, 9.17) is 14.9 Å². The SMILES string of the molecule is Cc1ccc2c(c1)sc(=N)n2CC(=O)Nc1ccc2c(c1)OCO2. The summed E-state index contributed by atoms with van der Waals surface area (Å²) in [7, 11) is 0. The number of carbonyl (C=O) groups is 1. The zero-order valence-electron chi connectivity index (χ0n) is 13.0. The van der Waals surface area contributed by atoms with Crippen LogP contribution in [0.25, 0.3) is 10.2 Å². The van der Waals surface area contributed by atoms with Crippen molar-refractivity contribution < 1.29 is 14.3 Å². The molecule has 122 valence electrons. The lowest BCUT2D eigenvalue weighted by Gasteiger charge is -2.08. The van der Waals surface area contributed by atoms with Gasteiger partial charge < -0.3 is 19.4 Å². The topological polar surface area (TPSA) is 76.3 Å². The number of aryl methyl sites for hydroxylation is 1. The molecule has 3 aromatic rings. The fraction of sp³-hybridized carbons (Fsp3) is 0.176. The Morgan fingerprint density at radius 1 is 1.25 bits per heavy atom. The van der Waals surface area contributed by atoms with Gasteiger partial charge >= 0.3 is 0 Å². The van der Waals surface area contributed by atoms with Gasteiger partial charge in [-0.2, -0.15) is 0 Å². The highest BCUT2D eigenvalue weighted by Crippen LogP contribution is 2.34. The lowest BCUT2D eigenvalue weighted by molar-refractivity contribution is -0.116. The Bertz CT molecular complexity index is 1010. The van der Waals surface area contributed by atoms with E-state index in [2.05, 4.69) is 5.32 Å². The molecule has 1 aliphatic rings. The minimum atomic E-state index is -0.187. The van der Waals surface area contributed by atoms with Crippen LogP contribution < -0.4 is 19.6 Å². The molecule has 7 heteroatoms. The van der Waals surface area contributed by atoms with Crippen molar-refractivity contribution in [1.82, 2.24) is 4.57 Å². The van der Waals surface area contributed by atoms with E-state index in [1.165, 1.54) is 11.3 Å². The maximum atomic E-state index is 12.4. The van der Waals surface area contributed by atoms with E-state index in [0.29, 0.717) is 22.0 Å². The second-order valence-electron chi connectivity index (χ2n) is 5.58. The number of anilines is 1. The predicted octanol–water partition coefficient (Wildman–Crippen LogP) is 2.86. The number of nitrogens with one attached hydrogen (secondary N) is 2. The number of nitrogens with zero attached hydrogens (tertiary/aromatic N) is 1. The van der Waals surface area contributed by atoms with E-state index in [1.807, 2.05) is 25.1 Å².